The van der Waals surface area contributed by atoms with Crippen LogP contribution < -0.4 is 0 Å². The summed E-state index contributed by atoms with van der Waals surface area (Å²) in [5, 5.41) is 27.0. The van der Waals surface area contributed by atoms with Crippen LogP contribution in [0.2, 0.25) is 0 Å². The Morgan fingerprint density at radius 3 is 2.36 bits per heavy atom. The van der Waals surface area contributed by atoms with Crippen molar-refractivity contribution in [1.82, 2.24) is 4.90 Å². The first-order chi connectivity index (χ1) is 6.45. The Kier molecular flexibility index (Phi) is 2.95. The monoisotopic (exact) mass is 203 g/mol. The first-order valence-corrected chi connectivity index (χ1v) is 4.35. The van der Waals surface area contributed by atoms with Gasteiger partial charge in [0.25, 0.3) is 0 Å². The molecule has 0 spiro atoms. The molecule has 0 aromatic rings. The molecule has 0 aromatic carbocycles. The molecule has 6 heteroatoms. The topological polar surface area (TPSA) is 98.1 Å². The van der Waals surface area contributed by atoms with E-state index in [0.717, 1.165) is 4.90 Å². The van der Waals surface area contributed by atoms with Crippen molar-refractivity contribution in [2.75, 3.05) is 6.54 Å². The minimum atomic E-state index is -1.13. The highest BCUT2D eigenvalue weighted by molar-refractivity contribution is 5.72. The summed E-state index contributed by atoms with van der Waals surface area (Å²) in [6.07, 6.45) is -2.09. The molecule has 0 saturated carbocycles. The van der Waals surface area contributed by atoms with Gasteiger partial charge in [-0.15, -0.1) is 0 Å². The molecule has 3 N–H and O–H groups in total. The number of aliphatic hydroxyl groups excluding tert-OH is 1. The van der Waals surface area contributed by atoms with E-state index in [2.05, 4.69) is 0 Å². The molecule has 3 atom stereocenters. The highest BCUT2D eigenvalue weighted by atomic mass is 16.4. The van der Waals surface area contributed by atoms with Crippen molar-refractivity contribution < 1.29 is 24.9 Å². The molecule has 0 aliphatic carbocycles. The van der Waals surface area contributed by atoms with Gasteiger partial charge < -0.3 is 20.2 Å². The van der Waals surface area contributed by atoms with E-state index in [9.17, 15) is 14.7 Å². The minimum absolute atomic E-state index is 0.157. The van der Waals surface area contributed by atoms with E-state index in [0.29, 0.717) is 0 Å². The Morgan fingerprint density at radius 1 is 1.36 bits per heavy atom. The first-order valence-electron chi connectivity index (χ1n) is 4.35. The average Bonchev–Trinajstić information content (AvgIpc) is 2.08. The SMILES string of the molecule is C[C@H]1C(O)C(C(=O)O)CCN1C(=O)O. The lowest BCUT2D eigenvalue weighted by atomic mass is 9.89. The number of piperidine rings is 1. The second kappa shape index (κ2) is 3.83. The van der Waals surface area contributed by atoms with Gasteiger partial charge in [-0.2, -0.15) is 0 Å². The average molecular weight is 203 g/mol. The van der Waals surface area contributed by atoms with Crippen molar-refractivity contribution in [3.63, 3.8) is 0 Å². The third kappa shape index (κ3) is 1.79. The van der Waals surface area contributed by atoms with Crippen LogP contribution in [0.5, 0.6) is 0 Å². The van der Waals surface area contributed by atoms with Crippen molar-refractivity contribution in [2.24, 2.45) is 5.92 Å². The van der Waals surface area contributed by atoms with Crippen LogP contribution in [0.1, 0.15) is 13.3 Å². The molecule has 2 unspecified atom stereocenters. The highest BCUT2D eigenvalue weighted by Crippen LogP contribution is 2.23. The van der Waals surface area contributed by atoms with Gasteiger partial charge >= 0.3 is 12.1 Å². The van der Waals surface area contributed by atoms with Crippen LogP contribution in [0.15, 0.2) is 0 Å². The number of carboxylic acid groups (broad SMARTS) is 2. The molecule has 6 nitrogen and oxygen atoms in total. The molecule has 1 rings (SSSR count). The molecular weight excluding hydrogens is 190 g/mol. The summed E-state index contributed by atoms with van der Waals surface area (Å²) in [5.41, 5.74) is 0. The second-order valence-electron chi connectivity index (χ2n) is 3.44. The Morgan fingerprint density at radius 2 is 1.93 bits per heavy atom. The Labute approximate surface area is 80.8 Å². The minimum Gasteiger partial charge on any atom is -0.481 e. The van der Waals surface area contributed by atoms with Crippen LogP contribution >= 0.6 is 0 Å². The predicted octanol–water partition coefficient (Wildman–Crippen LogP) is -0.180. The summed E-state index contributed by atoms with van der Waals surface area (Å²) in [4.78, 5) is 22.4. The highest BCUT2D eigenvalue weighted by Gasteiger charge is 2.39. The zero-order chi connectivity index (χ0) is 10.9. The smallest absolute Gasteiger partial charge is 0.407 e. The van der Waals surface area contributed by atoms with Gasteiger partial charge in [0.1, 0.15) is 0 Å². The molecule has 0 aromatic heterocycles. The van der Waals surface area contributed by atoms with Crippen molar-refractivity contribution >= 4 is 12.1 Å². The molecular formula is C8H13NO5. The van der Waals surface area contributed by atoms with Crippen LogP contribution in [0, 0.1) is 5.92 Å². The largest absolute Gasteiger partial charge is 0.481 e. The van der Waals surface area contributed by atoms with Gasteiger partial charge in [-0.25, -0.2) is 4.79 Å². The summed E-state index contributed by atoms with van der Waals surface area (Å²) >= 11 is 0. The fraction of sp³-hybridized carbons (Fsp3) is 0.750. The lowest BCUT2D eigenvalue weighted by Crippen LogP contribution is -2.54. The maximum atomic E-state index is 10.7. The van der Waals surface area contributed by atoms with E-state index in [1.165, 1.54) is 6.92 Å². The van der Waals surface area contributed by atoms with Gasteiger partial charge in [0.2, 0.25) is 0 Å². The number of carboxylic acids is 1. The summed E-state index contributed by atoms with van der Waals surface area (Å²) in [5.74, 6) is -1.94. The second-order valence-corrected chi connectivity index (χ2v) is 3.44. The van der Waals surface area contributed by atoms with Crippen molar-refractivity contribution in [3.05, 3.63) is 0 Å². The number of amides is 1. The molecule has 0 radical (unpaired) electrons. The molecule has 1 aliphatic rings. The maximum absolute atomic E-state index is 10.7. The Hall–Kier alpha value is -1.30. The molecule has 1 amide bonds. The standard InChI is InChI=1S/C8H13NO5/c1-4-6(10)5(7(11)12)2-3-9(4)8(13)14/h4-6,10H,2-3H2,1H3,(H,11,12)(H,13,14)/t4-,5?,6?/m0/s1. The van der Waals surface area contributed by atoms with E-state index in [-0.39, 0.29) is 13.0 Å². The zero-order valence-electron chi connectivity index (χ0n) is 7.75. The normalized spacial score (nSPS) is 32.7. The van der Waals surface area contributed by atoms with E-state index in [1.54, 1.807) is 0 Å². The van der Waals surface area contributed by atoms with E-state index in [4.69, 9.17) is 10.2 Å². The summed E-state index contributed by atoms with van der Waals surface area (Å²) in [6, 6.07) is -0.664. The number of hydrogen-bond acceptors (Lipinski definition) is 3. The van der Waals surface area contributed by atoms with Crippen molar-refractivity contribution in [2.45, 2.75) is 25.5 Å². The fourth-order valence-corrected chi connectivity index (χ4v) is 1.71. The zero-order valence-corrected chi connectivity index (χ0v) is 7.75. The van der Waals surface area contributed by atoms with E-state index >= 15 is 0 Å². The van der Waals surface area contributed by atoms with Gasteiger partial charge in [0.05, 0.1) is 18.1 Å². The first kappa shape index (κ1) is 10.8. The summed E-state index contributed by atoms with van der Waals surface area (Å²) in [7, 11) is 0. The molecule has 14 heavy (non-hydrogen) atoms. The fourth-order valence-electron chi connectivity index (χ4n) is 1.71. The van der Waals surface area contributed by atoms with Gasteiger partial charge in [-0.05, 0) is 13.3 Å². The Bertz CT molecular complexity index is 228. The molecule has 80 valence electrons. The third-order valence-electron chi connectivity index (χ3n) is 2.64. The number of aliphatic hydroxyl groups is 1. The number of nitrogens with zero attached hydrogens (tertiary/aromatic N) is 1. The lowest BCUT2D eigenvalue weighted by molar-refractivity contribution is -0.150. The molecule has 1 fully saturated rings. The van der Waals surface area contributed by atoms with Crippen LogP contribution in [0.3, 0.4) is 0 Å². The van der Waals surface area contributed by atoms with Gasteiger partial charge in [0, 0.05) is 6.54 Å². The number of likely N-dealkylation sites (tertiary alicyclic amines) is 1. The summed E-state index contributed by atoms with van der Waals surface area (Å²) < 4.78 is 0. The van der Waals surface area contributed by atoms with Gasteiger partial charge in [0.15, 0.2) is 0 Å². The summed E-state index contributed by atoms with van der Waals surface area (Å²) in [6.45, 7) is 1.67. The Balaban J connectivity index is 2.73. The molecule has 1 saturated heterocycles. The lowest BCUT2D eigenvalue weighted by Gasteiger charge is -2.38. The predicted molar refractivity (Wildman–Crippen MR) is 45.9 cm³/mol. The quantitative estimate of drug-likeness (QED) is 0.549. The molecule has 1 aliphatic heterocycles. The van der Waals surface area contributed by atoms with Crippen LogP contribution in [0.25, 0.3) is 0 Å². The van der Waals surface area contributed by atoms with Gasteiger partial charge in [-0.1, -0.05) is 0 Å². The number of rotatable bonds is 1. The van der Waals surface area contributed by atoms with Crippen molar-refractivity contribution in [3.8, 4) is 0 Å². The van der Waals surface area contributed by atoms with E-state index < -0.39 is 30.1 Å². The van der Waals surface area contributed by atoms with Crippen molar-refractivity contribution in [1.29, 1.82) is 0 Å². The van der Waals surface area contributed by atoms with Gasteiger partial charge in [-0.3, -0.25) is 4.79 Å². The maximum Gasteiger partial charge on any atom is 0.407 e. The van der Waals surface area contributed by atoms with Crippen LogP contribution in [-0.4, -0.2) is 51.0 Å². The van der Waals surface area contributed by atoms with Crippen LogP contribution in [-0.2, 0) is 4.79 Å². The number of hydrogen-bond donors (Lipinski definition) is 3. The molecule has 0 bridgehead atoms. The van der Waals surface area contributed by atoms with E-state index in [1.807, 2.05) is 0 Å². The molecule has 1 heterocycles. The number of aliphatic carboxylic acids is 1. The number of carbonyl (C=O) groups is 2. The van der Waals surface area contributed by atoms with Crippen LogP contribution in [0.4, 0.5) is 4.79 Å². The third-order valence-corrected chi connectivity index (χ3v) is 2.64.